The topological polar surface area (TPSA) is 86.8 Å². The zero-order valence-electron chi connectivity index (χ0n) is 19.1. The van der Waals surface area contributed by atoms with Gasteiger partial charge in [0.2, 0.25) is 21.8 Å². The molecule has 0 saturated carbocycles. The van der Waals surface area contributed by atoms with Gasteiger partial charge in [0.1, 0.15) is 18.4 Å². The lowest BCUT2D eigenvalue weighted by Crippen LogP contribution is -2.51. The van der Waals surface area contributed by atoms with Crippen LogP contribution < -0.4 is 9.62 Å². The molecule has 2 amide bonds. The minimum atomic E-state index is -3.80. The van der Waals surface area contributed by atoms with Crippen LogP contribution in [-0.2, 0) is 26.2 Å². The van der Waals surface area contributed by atoms with Crippen LogP contribution in [0.4, 0.5) is 10.1 Å². The summed E-state index contributed by atoms with van der Waals surface area (Å²) in [6, 6.07) is 10.1. The van der Waals surface area contributed by atoms with Crippen molar-refractivity contribution in [2.45, 2.75) is 40.3 Å². The number of carbonyl (C=O) groups excluding carboxylic acids is 2. The summed E-state index contributed by atoms with van der Waals surface area (Å²) in [6.45, 7) is 6.71. The van der Waals surface area contributed by atoms with Crippen molar-refractivity contribution in [1.29, 1.82) is 0 Å². The number of hydrogen-bond acceptors (Lipinski definition) is 4. The lowest BCUT2D eigenvalue weighted by molar-refractivity contribution is -0.139. The van der Waals surface area contributed by atoms with Crippen LogP contribution in [0.5, 0.6) is 0 Å². The van der Waals surface area contributed by atoms with E-state index in [0.29, 0.717) is 12.2 Å². The first-order chi connectivity index (χ1) is 15.0. The average molecular weight is 464 g/mol. The van der Waals surface area contributed by atoms with E-state index in [1.807, 2.05) is 13.8 Å². The number of aryl methyl sites for hydroxylation is 2. The van der Waals surface area contributed by atoms with Crippen LogP contribution in [0.15, 0.2) is 42.5 Å². The fourth-order valence-corrected chi connectivity index (χ4v) is 4.05. The molecule has 1 N–H and O–H groups in total. The van der Waals surface area contributed by atoms with Crippen LogP contribution >= 0.6 is 0 Å². The smallest absolute Gasteiger partial charge is 0.244 e. The van der Waals surface area contributed by atoms with Crippen molar-refractivity contribution in [3.63, 3.8) is 0 Å². The number of carbonyl (C=O) groups is 2. The predicted octanol–water partition coefficient (Wildman–Crippen LogP) is 2.76. The summed E-state index contributed by atoms with van der Waals surface area (Å²) in [5.41, 5.74) is 2.44. The van der Waals surface area contributed by atoms with Crippen molar-refractivity contribution < 1.29 is 22.4 Å². The Kier molecular flexibility index (Phi) is 8.38. The third-order valence-corrected chi connectivity index (χ3v) is 6.42. The lowest BCUT2D eigenvalue weighted by Gasteiger charge is -2.31. The van der Waals surface area contributed by atoms with E-state index in [9.17, 15) is 22.4 Å². The molecule has 1 unspecified atom stereocenters. The summed E-state index contributed by atoms with van der Waals surface area (Å²) in [4.78, 5) is 27.0. The summed E-state index contributed by atoms with van der Waals surface area (Å²) < 4.78 is 40.3. The molecule has 0 radical (unpaired) electrons. The standard InChI is InChI=1S/C23H30FN3O4S/c1-6-25-23(29)18(4)26(14-19-9-7-8-10-21(19)24)22(28)15-27(32(5,30)31)20-12-11-16(2)17(3)13-20/h7-13,18H,6,14-15H2,1-5H3,(H,25,29). The number of benzene rings is 2. The molecular formula is C23H30FN3O4S. The van der Waals surface area contributed by atoms with Gasteiger partial charge in [-0.05, 0) is 57.0 Å². The third-order valence-electron chi connectivity index (χ3n) is 5.27. The molecule has 0 aliphatic carbocycles. The number of nitrogens with one attached hydrogen (secondary N) is 1. The monoisotopic (exact) mass is 463 g/mol. The maximum Gasteiger partial charge on any atom is 0.244 e. The number of amides is 2. The van der Waals surface area contributed by atoms with E-state index in [4.69, 9.17) is 0 Å². The van der Waals surface area contributed by atoms with Crippen molar-refractivity contribution in [1.82, 2.24) is 10.2 Å². The molecule has 32 heavy (non-hydrogen) atoms. The second-order valence-electron chi connectivity index (χ2n) is 7.72. The normalized spacial score (nSPS) is 12.2. The van der Waals surface area contributed by atoms with Crippen LogP contribution in [-0.4, -0.2) is 50.5 Å². The van der Waals surface area contributed by atoms with Gasteiger partial charge in [0.05, 0.1) is 11.9 Å². The van der Waals surface area contributed by atoms with Gasteiger partial charge in [-0.1, -0.05) is 24.3 Å². The molecule has 2 aromatic rings. The summed E-state index contributed by atoms with van der Waals surface area (Å²) in [7, 11) is -3.80. The second kappa shape index (κ2) is 10.6. The average Bonchev–Trinajstić information content (AvgIpc) is 2.72. The first kappa shape index (κ1) is 25.3. The van der Waals surface area contributed by atoms with E-state index < -0.39 is 40.2 Å². The van der Waals surface area contributed by atoms with Gasteiger partial charge in [0.15, 0.2) is 0 Å². The number of likely N-dealkylation sites (N-methyl/N-ethyl adjacent to an activating group) is 1. The number of halogens is 1. The molecule has 2 rings (SSSR count). The molecule has 174 valence electrons. The number of anilines is 1. The molecule has 0 aromatic heterocycles. The molecule has 9 heteroatoms. The van der Waals surface area contributed by atoms with Crippen molar-refractivity contribution >= 4 is 27.5 Å². The molecule has 0 aliphatic rings. The molecule has 0 bridgehead atoms. The molecule has 1 atom stereocenters. The van der Waals surface area contributed by atoms with E-state index in [1.54, 1.807) is 31.2 Å². The van der Waals surface area contributed by atoms with Crippen LogP contribution in [0.25, 0.3) is 0 Å². The fraction of sp³-hybridized carbons (Fsp3) is 0.391. The van der Waals surface area contributed by atoms with Crippen LogP contribution in [0.3, 0.4) is 0 Å². The molecule has 2 aromatic carbocycles. The Hall–Kier alpha value is -2.94. The number of rotatable bonds is 9. The first-order valence-corrected chi connectivity index (χ1v) is 12.2. The largest absolute Gasteiger partial charge is 0.355 e. The summed E-state index contributed by atoms with van der Waals surface area (Å²) in [5.74, 6) is -1.53. The first-order valence-electron chi connectivity index (χ1n) is 10.3. The Morgan fingerprint density at radius 2 is 1.75 bits per heavy atom. The third kappa shape index (κ3) is 6.29. The molecule has 0 saturated heterocycles. The van der Waals surface area contributed by atoms with E-state index >= 15 is 0 Å². The minimum absolute atomic E-state index is 0.172. The van der Waals surface area contributed by atoms with Crippen molar-refractivity contribution in [3.8, 4) is 0 Å². The molecule has 0 aliphatic heterocycles. The summed E-state index contributed by atoms with van der Waals surface area (Å²) in [5, 5.41) is 2.65. The minimum Gasteiger partial charge on any atom is -0.355 e. The van der Waals surface area contributed by atoms with E-state index in [-0.39, 0.29) is 12.1 Å². The maximum atomic E-state index is 14.3. The maximum absolute atomic E-state index is 14.3. The molecule has 0 heterocycles. The Labute approximate surface area is 189 Å². The Balaban J connectivity index is 2.42. The second-order valence-corrected chi connectivity index (χ2v) is 9.63. The number of sulfonamides is 1. The van der Waals surface area contributed by atoms with E-state index in [1.165, 1.54) is 30.0 Å². The van der Waals surface area contributed by atoms with Crippen LogP contribution in [0.1, 0.15) is 30.5 Å². The highest BCUT2D eigenvalue weighted by Crippen LogP contribution is 2.22. The molecule has 0 spiro atoms. The van der Waals surface area contributed by atoms with Gasteiger partial charge in [-0.2, -0.15) is 0 Å². The zero-order valence-corrected chi connectivity index (χ0v) is 19.9. The van der Waals surface area contributed by atoms with Gasteiger partial charge in [0, 0.05) is 18.7 Å². The van der Waals surface area contributed by atoms with Gasteiger partial charge < -0.3 is 10.2 Å². The Bertz CT molecular complexity index is 1090. The van der Waals surface area contributed by atoms with Crippen molar-refractivity contribution in [3.05, 3.63) is 65.0 Å². The predicted molar refractivity (Wildman–Crippen MR) is 123 cm³/mol. The van der Waals surface area contributed by atoms with Crippen LogP contribution in [0, 0.1) is 19.7 Å². The summed E-state index contributed by atoms with van der Waals surface area (Å²) in [6.07, 6.45) is 1.02. The van der Waals surface area contributed by atoms with Crippen molar-refractivity contribution in [2.75, 3.05) is 23.7 Å². The quantitative estimate of drug-likeness (QED) is 0.620. The summed E-state index contributed by atoms with van der Waals surface area (Å²) >= 11 is 0. The SMILES string of the molecule is CCNC(=O)C(C)N(Cc1ccccc1F)C(=O)CN(c1ccc(C)c(C)c1)S(C)(=O)=O. The highest BCUT2D eigenvalue weighted by atomic mass is 32.2. The van der Waals surface area contributed by atoms with Gasteiger partial charge in [-0.15, -0.1) is 0 Å². The molecule has 0 fully saturated rings. The van der Waals surface area contributed by atoms with E-state index in [2.05, 4.69) is 5.32 Å². The number of nitrogens with zero attached hydrogens (tertiary/aromatic N) is 2. The number of hydrogen-bond donors (Lipinski definition) is 1. The molecule has 7 nitrogen and oxygen atoms in total. The highest BCUT2D eigenvalue weighted by molar-refractivity contribution is 7.92. The lowest BCUT2D eigenvalue weighted by atomic mass is 10.1. The van der Waals surface area contributed by atoms with Crippen LogP contribution in [0.2, 0.25) is 0 Å². The van der Waals surface area contributed by atoms with Crippen molar-refractivity contribution in [2.24, 2.45) is 0 Å². The highest BCUT2D eigenvalue weighted by Gasteiger charge is 2.30. The fourth-order valence-electron chi connectivity index (χ4n) is 3.21. The Morgan fingerprint density at radius 3 is 2.31 bits per heavy atom. The van der Waals surface area contributed by atoms with E-state index in [0.717, 1.165) is 21.7 Å². The van der Waals surface area contributed by atoms with Gasteiger partial charge >= 0.3 is 0 Å². The van der Waals surface area contributed by atoms with Gasteiger partial charge in [-0.25, -0.2) is 12.8 Å². The van der Waals surface area contributed by atoms with Gasteiger partial charge in [-0.3, -0.25) is 13.9 Å². The molecular weight excluding hydrogens is 433 g/mol. The zero-order chi connectivity index (χ0) is 24.1. The van der Waals surface area contributed by atoms with Gasteiger partial charge in [0.25, 0.3) is 0 Å². The Morgan fingerprint density at radius 1 is 1.09 bits per heavy atom.